The first-order valence-electron chi connectivity index (χ1n) is 8.08. The number of sulfonamides is 1. The van der Waals surface area contributed by atoms with Gasteiger partial charge in [-0.1, -0.05) is 18.2 Å². The maximum atomic E-state index is 13.0. The molecule has 9 heteroatoms. The minimum Gasteiger partial charge on any atom is -0.465 e. The van der Waals surface area contributed by atoms with Crippen LogP contribution in [0.5, 0.6) is 0 Å². The van der Waals surface area contributed by atoms with Gasteiger partial charge in [0.2, 0.25) is 0 Å². The molecular weight excluding hydrogens is 370 g/mol. The number of rotatable bonds is 5. The fourth-order valence-corrected chi connectivity index (χ4v) is 4.29. The van der Waals surface area contributed by atoms with Crippen LogP contribution in [-0.2, 0) is 14.8 Å². The Balaban J connectivity index is 2.09. The molecule has 0 spiro atoms. The van der Waals surface area contributed by atoms with Crippen molar-refractivity contribution in [3.05, 3.63) is 59.2 Å². The summed E-state index contributed by atoms with van der Waals surface area (Å²) in [5.74, 6) is -0.263. The third-order valence-corrected chi connectivity index (χ3v) is 5.44. The summed E-state index contributed by atoms with van der Waals surface area (Å²) in [4.78, 5) is 11.8. The van der Waals surface area contributed by atoms with Gasteiger partial charge >= 0.3 is 5.97 Å². The van der Waals surface area contributed by atoms with Gasteiger partial charge in [0.05, 0.1) is 18.5 Å². The molecule has 2 aromatic heterocycles. The largest absolute Gasteiger partial charge is 0.465 e. The summed E-state index contributed by atoms with van der Waals surface area (Å²) >= 11 is 0. The number of hydrogen-bond acceptors (Lipinski definition) is 6. The SMILES string of the molecule is COC(=O)c1c(C)oc(C)c1S(=O)(=O)Nc1cc(C)nn1-c1ccccc1. The Labute approximate surface area is 156 Å². The number of furan rings is 1. The molecule has 0 radical (unpaired) electrons. The first-order valence-corrected chi connectivity index (χ1v) is 9.56. The Hall–Kier alpha value is -3.07. The molecule has 0 amide bonds. The van der Waals surface area contributed by atoms with Gasteiger partial charge in [-0.05, 0) is 32.9 Å². The second-order valence-corrected chi connectivity index (χ2v) is 7.55. The van der Waals surface area contributed by atoms with Crippen molar-refractivity contribution in [1.82, 2.24) is 9.78 Å². The predicted molar refractivity (Wildman–Crippen MR) is 98.6 cm³/mol. The van der Waals surface area contributed by atoms with Crippen LogP contribution in [0.4, 0.5) is 5.82 Å². The maximum absolute atomic E-state index is 13.0. The Morgan fingerprint density at radius 1 is 1.15 bits per heavy atom. The molecule has 27 heavy (non-hydrogen) atoms. The number of methoxy groups -OCH3 is 1. The van der Waals surface area contributed by atoms with Crippen LogP contribution in [0.1, 0.15) is 27.6 Å². The van der Waals surface area contributed by atoms with E-state index in [1.807, 2.05) is 18.2 Å². The quantitative estimate of drug-likeness (QED) is 0.673. The van der Waals surface area contributed by atoms with E-state index in [4.69, 9.17) is 9.15 Å². The lowest BCUT2D eigenvalue weighted by Crippen LogP contribution is -2.19. The van der Waals surface area contributed by atoms with Crippen molar-refractivity contribution in [2.45, 2.75) is 25.7 Å². The van der Waals surface area contributed by atoms with E-state index in [1.165, 1.54) is 25.6 Å². The molecule has 0 fully saturated rings. The number of aryl methyl sites for hydroxylation is 3. The third kappa shape index (κ3) is 3.45. The average molecular weight is 389 g/mol. The second kappa shape index (κ2) is 6.92. The van der Waals surface area contributed by atoms with Crippen LogP contribution in [0.3, 0.4) is 0 Å². The zero-order valence-corrected chi connectivity index (χ0v) is 16.1. The lowest BCUT2D eigenvalue weighted by Gasteiger charge is -2.11. The zero-order chi connectivity index (χ0) is 19.8. The molecule has 8 nitrogen and oxygen atoms in total. The highest BCUT2D eigenvalue weighted by atomic mass is 32.2. The molecule has 142 valence electrons. The molecule has 0 aliphatic heterocycles. The van der Waals surface area contributed by atoms with Gasteiger partial charge in [-0.3, -0.25) is 4.72 Å². The number of anilines is 1. The van der Waals surface area contributed by atoms with Crippen LogP contribution >= 0.6 is 0 Å². The van der Waals surface area contributed by atoms with E-state index in [2.05, 4.69) is 9.82 Å². The zero-order valence-electron chi connectivity index (χ0n) is 15.3. The molecule has 0 aliphatic carbocycles. The Morgan fingerprint density at radius 2 is 1.81 bits per heavy atom. The van der Waals surface area contributed by atoms with Crippen molar-refractivity contribution < 1.29 is 22.4 Å². The number of benzene rings is 1. The Kier molecular flexibility index (Phi) is 4.79. The van der Waals surface area contributed by atoms with Gasteiger partial charge in [-0.15, -0.1) is 0 Å². The number of esters is 1. The molecule has 2 heterocycles. The summed E-state index contributed by atoms with van der Waals surface area (Å²) in [6.07, 6.45) is 0. The van der Waals surface area contributed by atoms with Gasteiger partial charge < -0.3 is 9.15 Å². The standard InChI is InChI=1S/C18H19N3O5S/c1-11-10-15(21(19-11)14-8-6-5-7-9-14)20-27(23,24)17-13(3)26-12(2)16(17)18(22)25-4/h5-10,20H,1-4H3. The molecule has 3 aromatic rings. The van der Waals surface area contributed by atoms with E-state index in [1.54, 1.807) is 25.1 Å². The highest BCUT2D eigenvalue weighted by Gasteiger charge is 2.32. The van der Waals surface area contributed by atoms with Gasteiger partial charge in [-0.25, -0.2) is 17.9 Å². The normalized spacial score (nSPS) is 11.4. The molecular formula is C18H19N3O5S. The monoisotopic (exact) mass is 389 g/mol. The number of para-hydroxylation sites is 1. The second-order valence-electron chi connectivity index (χ2n) is 5.93. The molecule has 0 bridgehead atoms. The Morgan fingerprint density at radius 3 is 2.44 bits per heavy atom. The van der Waals surface area contributed by atoms with Gasteiger partial charge in [0.15, 0.2) is 0 Å². The lowest BCUT2D eigenvalue weighted by atomic mass is 10.2. The van der Waals surface area contributed by atoms with E-state index >= 15 is 0 Å². The third-order valence-electron chi connectivity index (χ3n) is 3.93. The maximum Gasteiger partial charge on any atom is 0.342 e. The van der Waals surface area contributed by atoms with Crippen molar-refractivity contribution >= 4 is 21.8 Å². The number of nitrogens with zero attached hydrogens (tertiary/aromatic N) is 2. The summed E-state index contributed by atoms with van der Waals surface area (Å²) in [6.45, 7) is 4.74. The smallest absolute Gasteiger partial charge is 0.342 e. The van der Waals surface area contributed by atoms with Crippen molar-refractivity contribution in [3.63, 3.8) is 0 Å². The minimum absolute atomic E-state index is 0.0999. The van der Waals surface area contributed by atoms with Crippen LogP contribution in [-0.4, -0.2) is 31.3 Å². The summed E-state index contributed by atoms with van der Waals surface area (Å²) in [5, 5.41) is 4.33. The molecule has 0 atom stereocenters. The fourth-order valence-electron chi connectivity index (χ4n) is 2.85. The van der Waals surface area contributed by atoms with E-state index in [0.717, 1.165) is 0 Å². The van der Waals surface area contributed by atoms with Crippen LogP contribution in [0.2, 0.25) is 0 Å². The van der Waals surface area contributed by atoms with Crippen molar-refractivity contribution in [1.29, 1.82) is 0 Å². The fraction of sp³-hybridized carbons (Fsp3) is 0.222. The van der Waals surface area contributed by atoms with Gasteiger partial charge in [0, 0.05) is 6.07 Å². The number of aromatic nitrogens is 2. The van der Waals surface area contributed by atoms with Crippen molar-refractivity contribution in [2.24, 2.45) is 0 Å². The molecule has 3 rings (SSSR count). The highest BCUT2D eigenvalue weighted by Crippen LogP contribution is 2.29. The predicted octanol–water partition coefficient (Wildman–Crippen LogP) is 2.98. The molecule has 0 saturated heterocycles. The van der Waals surface area contributed by atoms with Crippen LogP contribution in [0, 0.1) is 20.8 Å². The molecule has 0 aliphatic rings. The van der Waals surface area contributed by atoms with E-state index < -0.39 is 16.0 Å². The highest BCUT2D eigenvalue weighted by molar-refractivity contribution is 7.92. The summed E-state index contributed by atoms with van der Waals surface area (Å²) in [5.41, 5.74) is 1.20. The average Bonchev–Trinajstić information content (AvgIpc) is 3.13. The number of nitrogens with one attached hydrogen (secondary N) is 1. The van der Waals surface area contributed by atoms with Crippen LogP contribution in [0.25, 0.3) is 5.69 Å². The van der Waals surface area contributed by atoms with Gasteiger partial charge in [0.25, 0.3) is 10.0 Å². The number of carbonyl (C=O) groups is 1. The van der Waals surface area contributed by atoms with Gasteiger partial charge in [0.1, 0.15) is 27.8 Å². The van der Waals surface area contributed by atoms with Gasteiger partial charge in [-0.2, -0.15) is 5.10 Å². The molecule has 0 saturated carbocycles. The summed E-state index contributed by atoms with van der Waals surface area (Å²) < 4.78 is 40.2. The van der Waals surface area contributed by atoms with E-state index in [0.29, 0.717) is 11.4 Å². The molecule has 1 aromatic carbocycles. The first kappa shape index (κ1) is 18.7. The topological polar surface area (TPSA) is 103 Å². The molecule has 0 unspecified atom stereocenters. The Bertz CT molecular complexity index is 1100. The number of carbonyl (C=O) groups excluding carboxylic acids is 1. The number of hydrogen-bond donors (Lipinski definition) is 1. The van der Waals surface area contributed by atoms with Crippen LogP contribution in [0.15, 0.2) is 45.7 Å². The first-order chi connectivity index (χ1) is 12.7. The van der Waals surface area contributed by atoms with E-state index in [9.17, 15) is 13.2 Å². The minimum atomic E-state index is -4.13. The van der Waals surface area contributed by atoms with Crippen molar-refractivity contribution in [3.8, 4) is 5.69 Å². The lowest BCUT2D eigenvalue weighted by molar-refractivity contribution is 0.0595. The van der Waals surface area contributed by atoms with Crippen molar-refractivity contribution in [2.75, 3.05) is 11.8 Å². The number of ether oxygens (including phenoxy) is 1. The summed E-state index contributed by atoms with van der Waals surface area (Å²) in [7, 11) is -2.95. The summed E-state index contributed by atoms with van der Waals surface area (Å²) in [6, 6.07) is 10.7. The van der Waals surface area contributed by atoms with E-state index in [-0.39, 0.29) is 27.8 Å². The van der Waals surface area contributed by atoms with Crippen LogP contribution < -0.4 is 4.72 Å². The molecule has 1 N–H and O–H groups in total.